The lowest BCUT2D eigenvalue weighted by atomic mass is 9.87. The van der Waals surface area contributed by atoms with E-state index >= 15 is 0 Å². The van der Waals surface area contributed by atoms with Crippen molar-refractivity contribution in [3.8, 4) is 0 Å². The molecule has 0 aromatic heterocycles. The van der Waals surface area contributed by atoms with Crippen LogP contribution in [0.25, 0.3) is 0 Å². The molecule has 1 amide bonds. The largest absolute Gasteiger partial charge is 0.480 e. The van der Waals surface area contributed by atoms with Crippen LogP contribution in [-0.4, -0.2) is 53.0 Å². The van der Waals surface area contributed by atoms with Crippen molar-refractivity contribution in [3.05, 3.63) is 0 Å². The predicted octanol–water partition coefficient (Wildman–Crippen LogP) is 0.495. The molecule has 8 heteroatoms. The van der Waals surface area contributed by atoms with E-state index in [1.54, 1.807) is 4.90 Å². The third-order valence-electron chi connectivity index (χ3n) is 5.75. The number of carbonyl (C=O) groups is 2. The summed E-state index contributed by atoms with van der Waals surface area (Å²) in [4.78, 5) is 29.6. The Labute approximate surface area is 155 Å². The number of hydrogen-bond donors (Lipinski definition) is 4. The number of nitrogens with two attached hydrogens (primary N) is 3. The van der Waals surface area contributed by atoms with Gasteiger partial charge in [-0.2, -0.15) is 0 Å². The van der Waals surface area contributed by atoms with Crippen LogP contribution in [0.1, 0.15) is 52.4 Å². The zero-order valence-corrected chi connectivity index (χ0v) is 15.9. The summed E-state index contributed by atoms with van der Waals surface area (Å²) in [5.41, 5.74) is 17.0. The number of carboxylic acid groups (broad SMARTS) is 1. The molecule has 2 rings (SSSR count). The molecule has 4 atom stereocenters. The second kappa shape index (κ2) is 8.24. The Balaban J connectivity index is 2.00. The number of likely N-dealkylation sites (tertiary alicyclic amines) is 1. The number of guanidine groups is 1. The molecule has 148 valence electrons. The highest BCUT2D eigenvalue weighted by Crippen LogP contribution is 2.60. The van der Waals surface area contributed by atoms with Crippen LogP contribution in [0, 0.1) is 17.3 Å². The van der Waals surface area contributed by atoms with E-state index in [0.717, 1.165) is 19.3 Å². The van der Waals surface area contributed by atoms with Crippen molar-refractivity contribution in [2.45, 2.75) is 64.5 Å². The van der Waals surface area contributed by atoms with Gasteiger partial charge in [0.2, 0.25) is 5.91 Å². The quantitative estimate of drug-likeness (QED) is 0.265. The third-order valence-corrected chi connectivity index (χ3v) is 5.75. The number of piperidine rings is 1. The number of hydrogen-bond acceptors (Lipinski definition) is 4. The van der Waals surface area contributed by atoms with Crippen molar-refractivity contribution in [2.75, 3.05) is 13.1 Å². The van der Waals surface area contributed by atoms with Crippen molar-refractivity contribution >= 4 is 17.8 Å². The van der Waals surface area contributed by atoms with Gasteiger partial charge in [-0.15, -0.1) is 0 Å². The standard InChI is InChI=1S/C18H33N5O3/c1-11(2)8-13(19)12-9-18(12)6-5-15(24)23(10-18)14(16(25)26)4-3-7-22-17(20)21/h11-14H,3-10,19H2,1-2H3,(H,25,26)(H4,20,21,22)/t12?,13-,14-,18+/m0/s1. The number of nitrogens with zero attached hydrogens (tertiary/aromatic N) is 2. The van der Waals surface area contributed by atoms with E-state index < -0.39 is 12.0 Å². The average molecular weight is 367 g/mol. The molecule has 0 aromatic rings. The highest BCUT2D eigenvalue weighted by atomic mass is 16.4. The maximum Gasteiger partial charge on any atom is 0.326 e. The number of aliphatic imine (C=N–C) groups is 1. The Morgan fingerprint density at radius 3 is 2.69 bits per heavy atom. The predicted molar refractivity (Wildman–Crippen MR) is 100 cm³/mol. The van der Waals surface area contributed by atoms with Crippen molar-refractivity contribution in [2.24, 2.45) is 39.4 Å². The van der Waals surface area contributed by atoms with Gasteiger partial charge in [-0.1, -0.05) is 13.8 Å². The summed E-state index contributed by atoms with van der Waals surface area (Å²) >= 11 is 0. The summed E-state index contributed by atoms with van der Waals surface area (Å²) in [6, 6.07) is -0.702. The molecular formula is C18H33N5O3. The molecule has 1 aliphatic heterocycles. The Kier molecular flexibility index (Phi) is 6.49. The molecule has 8 nitrogen and oxygen atoms in total. The van der Waals surface area contributed by atoms with Crippen LogP contribution in [0.15, 0.2) is 4.99 Å². The van der Waals surface area contributed by atoms with Crippen LogP contribution in [0.3, 0.4) is 0 Å². The lowest BCUT2D eigenvalue weighted by Gasteiger charge is -2.38. The topological polar surface area (TPSA) is 148 Å². The molecule has 1 unspecified atom stereocenters. The second-order valence-corrected chi connectivity index (χ2v) is 8.29. The van der Waals surface area contributed by atoms with Gasteiger partial charge in [0, 0.05) is 25.6 Å². The van der Waals surface area contributed by atoms with E-state index in [9.17, 15) is 14.7 Å². The normalized spacial score (nSPS) is 27.5. The fourth-order valence-electron chi connectivity index (χ4n) is 4.36. The molecule has 26 heavy (non-hydrogen) atoms. The summed E-state index contributed by atoms with van der Waals surface area (Å²) in [7, 11) is 0. The number of carboxylic acids is 1. The fourth-order valence-corrected chi connectivity index (χ4v) is 4.36. The van der Waals surface area contributed by atoms with Gasteiger partial charge in [0.15, 0.2) is 5.96 Å². The van der Waals surface area contributed by atoms with Crippen molar-refractivity contribution in [3.63, 3.8) is 0 Å². The maximum atomic E-state index is 12.4. The first-order valence-electron chi connectivity index (χ1n) is 9.49. The van der Waals surface area contributed by atoms with Crippen molar-refractivity contribution < 1.29 is 14.7 Å². The van der Waals surface area contributed by atoms with E-state index in [1.165, 1.54) is 0 Å². The summed E-state index contributed by atoms with van der Waals surface area (Å²) in [6.07, 6.45) is 4.03. The summed E-state index contributed by atoms with van der Waals surface area (Å²) < 4.78 is 0. The van der Waals surface area contributed by atoms with E-state index in [4.69, 9.17) is 17.2 Å². The monoisotopic (exact) mass is 367 g/mol. The SMILES string of the molecule is CC(C)C[C@H](N)C1C[C@@]12CCC(=O)N([C@@H](CCCN=C(N)N)C(=O)O)C2. The Hall–Kier alpha value is -1.83. The summed E-state index contributed by atoms with van der Waals surface area (Å²) in [5, 5.41) is 9.63. The lowest BCUT2D eigenvalue weighted by Crippen LogP contribution is -2.51. The van der Waals surface area contributed by atoms with Crippen LogP contribution in [0.4, 0.5) is 0 Å². The number of rotatable bonds is 9. The highest BCUT2D eigenvalue weighted by molar-refractivity contribution is 5.84. The first-order valence-corrected chi connectivity index (χ1v) is 9.49. The van der Waals surface area contributed by atoms with Gasteiger partial charge < -0.3 is 27.2 Å². The van der Waals surface area contributed by atoms with E-state index in [1.807, 2.05) is 0 Å². The van der Waals surface area contributed by atoms with Crippen LogP contribution >= 0.6 is 0 Å². The van der Waals surface area contributed by atoms with Gasteiger partial charge in [-0.25, -0.2) is 4.79 Å². The molecular weight excluding hydrogens is 334 g/mol. The Morgan fingerprint density at radius 1 is 1.42 bits per heavy atom. The Morgan fingerprint density at radius 2 is 2.12 bits per heavy atom. The van der Waals surface area contributed by atoms with Gasteiger partial charge in [0.25, 0.3) is 0 Å². The van der Waals surface area contributed by atoms with Crippen LogP contribution in [0.2, 0.25) is 0 Å². The smallest absolute Gasteiger partial charge is 0.326 e. The molecule has 2 aliphatic rings. The first-order chi connectivity index (χ1) is 12.2. The highest BCUT2D eigenvalue weighted by Gasteiger charge is 2.59. The number of carbonyl (C=O) groups excluding carboxylic acids is 1. The van der Waals surface area contributed by atoms with Crippen LogP contribution < -0.4 is 17.2 Å². The van der Waals surface area contributed by atoms with E-state index in [0.29, 0.717) is 44.2 Å². The maximum absolute atomic E-state index is 12.4. The Bertz CT molecular complexity index is 561. The van der Waals surface area contributed by atoms with Crippen LogP contribution in [-0.2, 0) is 9.59 Å². The summed E-state index contributed by atoms with van der Waals surface area (Å²) in [5.74, 6) is -0.135. The summed E-state index contributed by atoms with van der Waals surface area (Å²) in [6.45, 7) is 5.17. The van der Waals surface area contributed by atoms with Crippen LogP contribution in [0.5, 0.6) is 0 Å². The van der Waals surface area contributed by atoms with E-state index in [2.05, 4.69) is 18.8 Å². The van der Waals surface area contributed by atoms with Gasteiger partial charge >= 0.3 is 5.97 Å². The van der Waals surface area contributed by atoms with Crippen molar-refractivity contribution in [1.82, 2.24) is 4.90 Å². The molecule has 0 radical (unpaired) electrons. The minimum absolute atomic E-state index is 0.00941. The first kappa shape index (κ1) is 20.5. The molecule has 0 bridgehead atoms. The molecule has 2 fully saturated rings. The molecule has 1 aliphatic carbocycles. The minimum Gasteiger partial charge on any atom is -0.480 e. The minimum atomic E-state index is -0.969. The molecule has 1 spiro atoms. The van der Waals surface area contributed by atoms with Crippen molar-refractivity contribution in [1.29, 1.82) is 0 Å². The van der Waals surface area contributed by atoms with Gasteiger partial charge in [-0.3, -0.25) is 9.79 Å². The lowest BCUT2D eigenvalue weighted by molar-refractivity contribution is -0.153. The molecule has 0 aromatic carbocycles. The van der Waals surface area contributed by atoms with Gasteiger partial charge in [0.05, 0.1) is 0 Å². The average Bonchev–Trinajstić information content (AvgIpc) is 3.23. The van der Waals surface area contributed by atoms with Gasteiger partial charge in [-0.05, 0) is 49.4 Å². The van der Waals surface area contributed by atoms with E-state index in [-0.39, 0.29) is 23.3 Å². The zero-order chi connectivity index (χ0) is 19.5. The second-order valence-electron chi connectivity index (χ2n) is 8.29. The molecule has 1 saturated carbocycles. The zero-order valence-electron chi connectivity index (χ0n) is 15.9. The molecule has 1 heterocycles. The molecule has 7 N–H and O–H groups in total. The fraction of sp³-hybridized carbons (Fsp3) is 0.833. The number of amides is 1. The third kappa shape index (κ3) is 4.87. The molecule has 1 saturated heterocycles. The number of aliphatic carboxylic acids is 1. The van der Waals surface area contributed by atoms with Gasteiger partial charge in [0.1, 0.15) is 6.04 Å².